The number of hydrogen-bond donors (Lipinski definition) is 3. The third-order valence-corrected chi connectivity index (χ3v) is 5.10. The molecule has 2 aromatic rings. The van der Waals surface area contributed by atoms with Gasteiger partial charge in [0.2, 0.25) is 0 Å². The summed E-state index contributed by atoms with van der Waals surface area (Å²) in [5, 5.41) is 16.5. The molecule has 0 aliphatic carbocycles. The highest BCUT2D eigenvalue weighted by molar-refractivity contribution is 5.96. The molecule has 2 amide bonds. The van der Waals surface area contributed by atoms with Crippen molar-refractivity contribution < 1.29 is 24.1 Å². The number of benzene rings is 2. The Balaban J connectivity index is 2.03. The summed E-state index contributed by atoms with van der Waals surface area (Å²) in [6.07, 6.45) is 0. The van der Waals surface area contributed by atoms with E-state index in [2.05, 4.69) is 10.6 Å². The third kappa shape index (κ3) is 5.54. The number of non-ortho nitro benzene ring substituents is 1. The van der Waals surface area contributed by atoms with Crippen LogP contribution in [-0.2, 0) is 9.59 Å². The van der Waals surface area contributed by atoms with Crippen LogP contribution in [0.5, 0.6) is 5.75 Å². The van der Waals surface area contributed by atoms with Gasteiger partial charge in [-0.1, -0.05) is 12.1 Å². The molecule has 2 rings (SSSR count). The summed E-state index contributed by atoms with van der Waals surface area (Å²) in [5.41, 5.74) is 2.86. The first-order valence-corrected chi connectivity index (χ1v) is 9.45. The number of likely N-dealkylation sites (N-methyl/N-ethyl adjacent to an activating group) is 1. The second kappa shape index (κ2) is 9.84. The molecule has 0 bridgehead atoms. The lowest BCUT2D eigenvalue weighted by Gasteiger charge is -2.21. The van der Waals surface area contributed by atoms with Crippen molar-refractivity contribution in [3.05, 3.63) is 57.6 Å². The molecule has 2 atom stereocenters. The SMILES string of the molecule is COc1ccc([N+](=O)[O-])cc1NC(=O)[C@H](C)[NH+](C)CC(=O)Nc1cccc(C)c1C. The molecule has 0 saturated carbocycles. The number of nitrogens with one attached hydrogen (secondary N) is 3. The fraction of sp³-hybridized carbons (Fsp3) is 0.333. The van der Waals surface area contributed by atoms with Crippen LogP contribution < -0.4 is 20.3 Å². The van der Waals surface area contributed by atoms with Crippen molar-refractivity contribution >= 4 is 28.9 Å². The summed E-state index contributed by atoms with van der Waals surface area (Å²) >= 11 is 0. The fourth-order valence-corrected chi connectivity index (χ4v) is 2.86. The predicted molar refractivity (Wildman–Crippen MR) is 114 cm³/mol. The number of anilines is 2. The van der Waals surface area contributed by atoms with Crippen molar-refractivity contribution in [3.8, 4) is 5.75 Å². The molecule has 0 radical (unpaired) electrons. The van der Waals surface area contributed by atoms with Crippen LogP contribution in [0.2, 0.25) is 0 Å². The summed E-state index contributed by atoms with van der Waals surface area (Å²) in [7, 11) is 3.15. The van der Waals surface area contributed by atoms with Crippen molar-refractivity contribution in [1.82, 2.24) is 0 Å². The molecule has 3 N–H and O–H groups in total. The second-order valence-electron chi connectivity index (χ2n) is 7.17. The second-order valence-corrected chi connectivity index (χ2v) is 7.17. The Bertz CT molecular complexity index is 960. The summed E-state index contributed by atoms with van der Waals surface area (Å²) in [6, 6.07) is 9.05. The van der Waals surface area contributed by atoms with Crippen LogP contribution in [0.1, 0.15) is 18.1 Å². The molecular formula is C21H27N4O5+. The standard InChI is InChI=1S/C21H26N4O5/c1-13-7-6-8-17(14(13)2)22-20(26)12-24(4)15(3)21(27)23-18-11-16(25(28)29)9-10-19(18)30-5/h6-11,15H,12H2,1-5H3,(H,22,26)(H,23,27)/p+1/t15-/m0/s1. The molecule has 0 heterocycles. The number of carbonyl (C=O) groups is 2. The van der Waals surface area contributed by atoms with Crippen LogP contribution in [0.4, 0.5) is 17.1 Å². The van der Waals surface area contributed by atoms with E-state index in [1.807, 2.05) is 32.0 Å². The van der Waals surface area contributed by atoms with Gasteiger partial charge in [-0.2, -0.15) is 0 Å². The van der Waals surface area contributed by atoms with Gasteiger partial charge < -0.3 is 20.3 Å². The van der Waals surface area contributed by atoms with E-state index < -0.39 is 11.0 Å². The van der Waals surface area contributed by atoms with Gasteiger partial charge in [-0.25, -0.2) is 0 Å². The zero-order chi connectivity index (χ0) is 22.4. The number of ether oxygens (including phenoxy) is 1. The molecule has 30 heavy (non-hydrogen) atoms. The van der Waals surface area contributed by atoms with E-state index in [0.29, 0.717) is 10.6 Å². The predicted octanol–water partition coefficient (Wildman–Crippen LogP) is 1.70. The van der Waals surface area contributed by atoms with E-state index in [0.717, 1.165) is 16.8 Å². The molecule has 9 heteroatoms. The van der Waals surface area contributed by atoms with Gasteiger partial charge in [0.1, 0.15) is 5.75 Å². The van der Waals surface area contributed by atoms with Crippen LogP contribution in [0.3, 0.4) is 0 Å². The van der Waals surface area contributed by atoms with Crippen molar-refractivity contribution in [1.29, 1.82) is 0 Å². The molecule has 0 aliphatic heterocycles. The lowest BCUT2D eigenvalue weighted by atomic mass is 10.1. The minimum atomic E-state index is -0.585. The number of nitro groups is 1. The number of rotatable bonds is 8. The molecule has 2 aromatic carbocycles. The van der Waals surface area contributed by atoms with E-state index in [4.69, 9.17) is 4.74 Å². The fourth-order valence-electron chi connectivity index (χ4n) is 2.86. The number of carbonyl (C=O) groups excluding carboxylic acids is 2. The molecule has 1 unspecified atom stereocenters. The molecule has 0 fully saturated rings. The Labute approximate surface area is 175 Å². The molecule has 0 aliphatic rings. The van der Waals surface area contributed by atoms with Gasteiger partial charge in [0.05, 0.1) is 24.8 Å². The van der Waals surface area contributed by atoms with Gasteiger partial charge >= 0.3 is 0 Å². The lowest BCUT2D eigenvalue weighted by Crippen LogP contribution is -3.14. The maximum absolute atomic E-state index is 12.7. The van der Waals surface area contributed by atoms with Crippen LogP contribution in [0.25, 0.3) is 0 Å². The molecule has 0 saturated heterocycles. The normalized spacial score (nSPS) is 12.6. The highest BCUT2D eigenvalue weighted by Crippen LogP contribution is 2.28. The third-order valence-electron chi connectivity index (χ3n) is 5.10. The molecule has 160 valence electrons. The number of quaternary nitrogens is 1. The number of nitro benzene ring substituents is 1. The molecule has 0 spiro atoms. The number of aryl methyl sites for hydroxylation is 1. The van der Waals surface area contributed by atoms with Gasteiger partial charge in [-0.15, -0.1) is 0 Å². The monoisotopic (exact) mass is 415 g/mol. The summed E-state index contributed by atoms with van der Waals surface area (Å²) in [4.78, 5) is 36.2. The van der Waals surface area contributed by atoms with Gasteiger partial charge in [-0.3, -0.25) is 19.7 Å². The maximum Gasteiger partial charge on any atom is 0.282 e. The minimum absolute atomic E-state index is 0.0774. The first-order valence-electron chi connectivity index (χ1n) is 9.45. The van der Waals surface area contributed by atoms with Gasteiger partial charge in [0, 0.05) is 17.8 Å². The van der Waals surface area contributed by atoms with E-state index in [-0.39, 0.29) is 29.7 Å². The van der Waals surface area contributed by atoms with Gasteiger partial charge in [0.25, 0.3) is 17.5 Å². The number of nitrogens with zero attached hydrogens (tertiary/aromatic N) is 1. The average molecular weight is 415 g/mol. The van der Waals surface area contributed by atoms with E-state index in [9.17, 15) is 19.7 Å². The van der Waals surface area contributed by atoms with Crippen LogP contribution in [-0.4, -0.2) is 43.5 Å². The zero-order valence-corrected chi connectivity index (χ0v) is 17.7. The van der Waals surface area contributed by atoms with Crippen molar-refractivity contribution in [3.63, 3.8) is 0 Å². The zero-order valence-electron chi connectivity index (χ0n) is 17.7. The van der Waals surface area contributed by atoms with E-state index in [1.54, 1.807) is 14.0 Å². The number of methoxy groups -OCH3 is 1. The van der Waals surface area contributed by atoms with Crippen LogP contribution >= 0.6 is 0 Å². The first-order chi connectivity index (χ1) is 14.1. The van der Waals surface area contributed by atoms with Crippen LogP contribution in [0.15, 0.2) is 36.4 Å². The Morgan fingerprint density at radius 1 is 1.17 bits per heavy atom. The van der Waals surface area contributed by atoms with Crippen molar-refractivity contribution in [2.75, 3.05) is 31.3 Å². The quantitative estimate of drug-likeness (QED) is 0.448. The Kier molecular flexibility index (Phi) is 7.48. The smallest absolute Gasteiger partial charge is 0.282 e. The highest BCUT2D eigenvalue weighted by Gasteiger charge is 2.25. The summed E-state index contributed by atoms with van der Waals surface area (Å²) < 4.78 is 5.16. The topological polar surface area (TPSA) is 115 Å². The molecule has 0 aromatic heterocycles. The molecule has 9 nitrogen and oxygen atoms in total. The molecular weight excluding hydrogens is 388 g/mol. The Hall–Kier alpha value is -3.46. The summed E-state index contributed by atoms with van der Waals surface area (Å²) in [6.45, 7) is 5.66. The first kappa shape index (κ1) is 22.8. The Morgan fingerprint density at radius 3 is 2.50 bits per heavy atom. The Morgan fingerprint density at radius 2 is 1.87 bits per heavy atom. The number of hydrogen-bond acceptors (Lipinski definition) is 5. The van der Waals surface area contributed by atoms with Gasteiger partial charge in [-0.05, 0) is 44.0 Å². The van der Waals surface area contributed by atoms with Crippen LogP contribution in [0, 0.1) is 24.0 Å². The highest BCUT2D eigenvalue weighted by atomic mass is 16.6. The minimum Gasteiger partial charge on any atom is -0.495 e. The van der Waals surface area contributed by atoms with E-state index >= 15 is 0 Å². The lowest BCUT2D eigenvalue weighted by molar-refractivity contribution is -0.885. The number of amides is 2. The maximum atomic E-state index is 12.7. The van der Waals surface area contributed by atoms with Gasteiger partial charge in [0.15, 0.2) is 12.6 Å². The van der Waals surface area contributed by atoms with Crippen molar-refractivity contribution in [2.45, 2.75) is 26.8 Å². The van der Waals surface area contributed by atoms with E-state index in [1.165, 1.54) is 25.3 Å². The average Bonchev–Trinajstić information content (AvgIpc) is 2.70. The summed E-state index contributed by atoms with van der Waals surface area (Å²) in [5.74, 6) is -0.286. The van der Waals surface area contributed by atoms with Crippen molar-refractivity contribution in [2.24, 2.45) is 0 Å². The largest absolute Gasteiger partial charge is 0.495 e.